The molecule has 4 rings (SSSR count). The molecule has 3 aromatic rings. The molecule has 25 heavy (non-hydrogen) atoms. The summed E-state index contributed by atoms with van der Waals surface area (Å²) in [5.74, 6) is 0.565. The van der Waals surface area contributed by atoms with Gasteiger partial charge in [0.25, 0.3) is 10.0 Å². The number of methoxy groups -OCH3 is 1. The second-order valence-corrected chi connectivity index (χ2v) is 7.19. The van der Waals surface area contributed by atoms with Gasteiger partial charge in [0.15, 0.2) is 0 Å². The Morgan fingerprint density at radius 2 is 1.92 bits per heavy atom. The molecule has 0 saturated carbocycles. The van der Waals surface area contributed by atoms with Gasteiger partial charge in [0.1, 0.15) is 17.6 Å². The molecular formula is C18H13NO5S. The van der Waals surface area contributed by atoms with E-state index in [1.54, 1.807) is 42.5 Å². The number of hydrogen-bond donors (Lipinski definition) is 1. The van der Waals surface area contributed by atoms with Crippen LogP contribution in [-0.2, 0) is 10.0 Å². The van der Waals surface area contributed by atoms with Gasteiger partial charge in [0, 0.05) is 6.07 Å². The number of benzene rings is 2. The lowest BCUT2D eigenvalue weighted by molar-refractivity contribution is 0.414. The Morgan fingerprint density at radius 1 is 1.12 bits per heavy atom. The minimum Gasteiger partial charge on any atom is -0.497 e. The summed E-state index contributed by atoms with van der Waals surface area (Å²) in [7, 11) is -2.22. The quantitative estimate of drug-likeness (QED) is 0.764. The van der Waals surface area contributed by atoms with Crippen molar-refractivity contribution < 1.29 is 17.6 Å². The SMILES string of the molecule is COc1ccc2c(=O)c(C3=Cc4ccccc4S(=O)(=O)N3)coc2c1. The molecular weight excluding hydrogens is 342 g/mol. The molecule has 0 unspecified atom stereocenters. The molecule has 2 aromatic carbocycles. The highest BCUT2D eigenvalue weighted by atomic mass is 32.2. The van der Waals surface area contributed by atoms with E-state index in [1.165, 1.54) is 19.4 Å². The van der Waals surface area contributed by atoms with Crippen LogP contribution in [-0.4, -0.2) is 15.5 Å². The fraction of sp³-hybridized carbons (Fsp3) is 0.0556. The molecule has 126 valence electrons. The van der Waals surface area contributed by atoms with Crippen molar-refractivity contribution in [3.8, 4) is 5.75 Å². The second-order valence-electron chi connectivity index (χ2n) is 5.54. The molecule has 1 N–H and O–H groups in total. The van der Waals surface area contributed by atoms with Crippen LogP contribution in [0, 0.1) is 0 Å². The lowest BCUT2D eigenvalue weighted by Crippen LogP contribution is -2.28. The summed E-state index contributed by atoms with van der Waals surface area (Å²) in [5.41, 5.74) is 0.899. The summed E-state index contributed by atoms with van der Waals surface area (Å²) in [4.78, 5) is 12.9. The Bertz CT molecular complexity index is 1190. The van der Waals surface area contributed by atoms with Crippen molar-refractivity contribution in [2.45, 2.75) is 4.90 Å². The zero-order chi connectivity index (χ0) is 17.6. The van der Waals surface area contributed by atoms with Crippen molar-refractivity contribution in [2.75, 3.05) is 7.11 Å². The van der Waals surface area contributed by atoms with E-state index in [9.17, 15) is 13.2 Å². The number of ether oxygens (including phenoxy) is 1. The molecule has 0 saturated heterocycles. The van der Waals surface area contributed by atoms with Gasteiger partial charge in [0.05, 0.1) is 28.7 Å². The van der Waals surface area contributed by atoms with Gasteiger partial charge in [-0.25, -0.2) is 8.42 Å². The first-order valence-corrected chi connectivity index (χ1v) is 8.91. The van der Waals surface area contributed by atoms with Gasteiger partial charge in [-0.15, -0.1) is 0 Å². The largest absolute Gasteiger partial charge is 0.497 e. The molecule has 7 heteroatoms. The fourth-order valence-corrected chi connectivity index (χ4v) is 4.05. The van der Waals surface area contributed by atoms with Crippen LogP contribution in [0.15, 0.2) is 62.8 Å². The van der Waals surface area contributed by atoms with Crippen molar-refractivity contribution >= 4 is 32.8 Å². The Labute approximate surface area is 143 Å². The van der Waals surface area contributed by atoms with Gasteiger partial charge >= 0.3 is 0 Å². The molecule has 0 radical (unpaired) electrons. The van der Waals surface area contributed by atoms with Crippen molar-refractivity contribution in [3.05, 3.63) is 70.1 Å². The highest BCUT2D eigenvalue weighted by Crippen LogP contribution is 2.28. The summed E-state index contributed by atoms with van der Waals surface area (Å²) in [6.07, 6.45) is 2.88. The molecule has 0 amide bonds. The van der Waals surface area contributed by atoms with Crippen LogP contribution in [0.1, 0.15) is 11.1 Å². The number of nitrogens with one attached hydrogen (secondary N) is 1. The number of rotatable bonds is 2. The lowest BCUT2D eigenvalue weighted by Gasteiger charge is -2.18. The van der Waals surface area contributed by atoms with Crippen LogP contribution in [0.3, 0.4) is 0 Å². The van der Waals surface area contributed by atoms with Gasteiger partial charge in [0.2, 0.25) is 5.43 Å². The summed E-state index contributed by atoms with van der Waals surface area (Å²) >= 11 is 0. The van der Waals surface area contributed by atoms with Crippen LogP contribution in [0.5, 0.6) is 5.75 Å². The van der Waals surface area contributed by atoms with E-state index in [-0.39, 0.29) is 21.6 Å². The van der Waals surface area contributed by atoms with E-state index in [0.29, 0.717) is 22.3 Å². The first-order valence-electron chi connectivity index (χ1n) is 7.43. The minimum atomic E-state index is -3.74. The summed E-state index contributed by atoms with van der Waals surface area (Å²) < 4.78 is 37.9. The van der Waals surface area contributed by atoms with Crippen LogP contribution >= 0.6 is 0 Å². The second kappa shape index (κ2) is 5.49. The van der Waals surface area contributed by atoms with Crippen molar-refractivity contribution in [3.63, 3.8) is 0 Å². The van der Waals surface area contributed by atoms with Crippen molar-refractivity contribution in [1.82, 2.24) is 4.72 Å². The predicted molar refractivity (Wildman–Crippen MR) is 93.7 cm³/mol. The third-order valence-corrected chi connectivity index (χ3v) is 5.46. The summed E-state index contributed by atoms with van der Waals surface area (Å²) in [5, 5.41) is 0.345. The average molecular weight is 355 g/mol. The molecule has 1 aliphatic rings. The van der Waals surface area contributed by atoms with Gasteiger partial charge in [-0.3, -0.25) is 9.52 Å². The van der Waals surface area contributed by atoms with Gasteiger partial charge < -0.3 is 9.15 Å². The molecule has 0 spiro atoms. The number of fused-ring (bicyclic) bond motifs is 2. The van der Waals surface area contributed by atoms with E-state index < -0.39 is 10.0 Å². The minimum absolute atomic E-state index is 0.149. The maximum Gasteiger partial charge on any atom is 0.262 e. The zero-order valence-corrected chi connectivity index (χ0v) is 14.0. The van der Waals surface area contributed by atoms with Crippen LogP contribution < -0.4 is 14.9 Å². The van der Waals surface area contributed by atoms with E-state index >= 15 is 0 Å². The van der Waals surface area contributed by atoms with Gasteiger partial charge in [-0.1, -0.05) is 18.2 Å². The van der Waals surface area contributed by atoms with E-state index in [4.69, 9.17) is 9.15 Å². The smallest absolute Gasteiger partial charge is 0.262 e. The predicted octanol–water partition coefficient (Wildman–Crippen LogP) is 2.59. The van der Waals surface area contributed by atoms with E-state index in [2.05, 4.69) is 4.72 Å². The van der Waals surface area contributed by atoms with E-state index in [0.717, 1.165) is 0 Å². The van der Waals surface area contributed by atoms with Crippen molar-refractivity contribution in [2.24, 2.45) is 0 Å². The monoisotopic (exact) mass is 355 g/mol. The fourth-order valence-electron chi connectivity index (χ4n) is 2.78. The topological polar surface area (TPSA) is 85.6 Å². The number of hydrogen-bond acceptors (Lipinski definition) is 5. The van der Waals surface area contributed by atoms with Crippen LogP contribution in [0.25, 0.3) is 22.7 Å². The molecule has 1 aromatic heterocycles. The normalized spacial score (nSPS) is 15.2. The summed E-state index contributed by atoms with van der Waals surface area (Å²) in [6.45, 7) is 0. The third-order valence-electron chi connectivity index (χ3n) is 4.02. The molecule has 0 aliphatic carbocycles. The first-order chi connectivity index (χ1) is 12.0. The standard InChI is InChI=1S/C18H13NO5S/c1-23-12-6-7-13-16(9-12)24-10-14(18(13)20)15-8-11-4-2-3-5-17(11)25(21,22)19-15/h2-10,19H,1H3. The zero-order valence-electron chi connectivity index (χ0n) is 13.1. The Kier molecular flexibility index (Phi) is 3.40. The van der Waals surface area contributed by atoms with Gasteiger partial charge in [-0.05, 0) is 29.8 Å². The van der Waals surface area contributed by atoms with Crippen molar-refractivity contribution in [1.29, 1.82) is 0 Å². The Balaban J connectivity index is 1.93. The van der Waals surface area contributed by atoms with Gasteiger partial charge in [-0.2, -0.15) is 0 Å². The molecule has 0 atom stereocenters. The molecule has 2 heterocycles. The summed E-state index contributed by atoms with van der Waals surface area (Å²) in [6, 6.07) is 11.4. The maximum absolute atomic E-state index is 12.8. The highest BCUT2D eigenvalue weighted by Gasteiger charge is 2.25. The van der Waals surface area contributed by atoms with Crippen LogP contribution in [0.2, 0.25) is 0 Å². The number of sulfonamides is 1. The molecule has 6 nitrogen and oxygen atoms in total. The third kappa shape index (κ3) is 2.49. The highest BCUT2D eigenvalue weighted by molar-refractivity contribution is 7.90. The Hall–Kier alpha value is -3.06. The molecule has 0 bridgehead atoms. The lowest BCUT2D eigenvalue weighted by atomic mass is 10.1. The maximum atomic E-state index is 12.8. The van der Waals surface area contributed by atoms with Crippen LogP contribution in [0.4, 0.5) is 0 Å². The molecule has 0 fully saturated rings. The first kappa shape index (κ1) is 15.5. The van der Waals surface area contributed by atoms with E-state index in [1.807, 2.05) is 0 Å². The molecule has 1 aliphatic heterocycles. The Morgan fingerprint density at radius 3 is 2.72 bits per heavy atom. The average Bonchev–Trinajstić information content (AvgIpc) is 2.61.